The molecule has 0 fully saturated rings. The Bertz CT molecular complexity index is 460. The molecule has 6 heteroatoms. The molecular formula is C15H30N6. The summed E-state index contributed by atoms with van der Waals surface area (Å²) in [6.45, 7) is 16.8. The Morgan fingerprint density at radius 1 is 1.00 bits per heavy atom. The minimum atomic E-state index is -0.118. The molecule has 0 radical (unpaired) electrons. The van der Waals surface area contributed by atoms with Crippen LogP contribution in [0, 0.1) is 5.41 Å². The van der Waals surface area contributed by atoms with Crippen molar-refractivity contribution in [3.05, 3.63) is 0 Å². The zero-order valence-corrected chi connectivity index (χ0v) is 14.5. The SMILES string of the molecule is CCN(CC)c1nc(N)nc(NC(C)(C)CC(C)(C)C)n1. The summed E-state index contributed by atoms with van der Waals surface area (Å²) in [6.07, 6.45) is 0.992. The second-order valence-corrected chi connectivity index (χ2v) is 7.24. The van der Waals surface area contributed by atoms with E-state index in [-0.39, 0.29) is 16.9 Å². The molecule has 0 spiro atoms. The summed E-state index contributed by atoms with van der Waals surface area (Å²) in [6, 6.07) is 0. The van der Waals surface area contributed by atoms with Gasteiger partial charge < -0.3 is 16.0 Å². The van der Waals surface area contributed by atoms with Gasteiger partial charge in [-0.05, 0) is 39.5 Å². The topological polar surface area (TPSA) is 80.0 Å². The van der Waals surface area contributed by atoms with E-state index in [1.165, 1.54) is 0 Å². The van der Waals surface area contributed by atoms with Gasteiger partial charge in [0.1, 0.15) is 0 Å². The van der Waals surface area contributed by atoms with Crippen LogP contribution in [0.25, 0.3) is 0 Å². The van der Waals surface area contributed by atoms with Crippen molar-refractivity contribution in [2.75, 3.05) is 29.0 Å². The van der Waals surface area contributed by atoms with Gasteiger partial charge in [-0.1, -0.05) is 20.8 Å². The van der Waals surface area contributed by atoms with Crippen LogP contribution in [0.4, 0.5) is 17.8 Å². The van der Waals surface area contributed by atoms with Crippen LogP contribution in [-0.4, -0.2) is 33.6 Å². The third kappa shape index (κ3) is 5.73. The second-order valence-electron chi connectivity index (χ2n) is 7.24. The monoisotopic (exact) mass is 294 g/mol. The Labute approximate surface area is 128 Å². The van der Waals surface area contributed by atoms with Crippen molar-refractivity contribution in [1.29, 1.82) is 0 Å². The van der Waals surface area contributed by atoms with Gasteiger partial charge in [0.05, 0.1) is 0 Å². The second kappa shape index (κ2) is 6.45. The van der Waals surface area contributed by atoms with Crippen molar-refractivity contribution in [2.24, 2.45) is 5.41 Å². The first-order chi connectivity index (χ1) is 9.56. The van der Waals surface area contributed by atoms with Crippen molar-refractivity contribution in [1.82, 2.24) is 15.0 Å². The first-order valence-electron chi connectivity index (χ1n) is 7.61. The molecule has 0 saturated carbocycles. The first-order valence-corrected chi connectivity index (χ1v) is 7.61. The molecule has 0 saturated heterocycles. The minimum absolute atomic E-state index is 0.118. The van der Waals surface area contributed by atoms with Gasteiger partial charge in [0.15, 0.2) is 0 Å². The maximum Gasteiger partial charge on any atom is 0.231 e. The van der Waals surface area contributed by atoms with E-state index >= 15 is 0 Å². The molecule has 0 aliphatic heterocycles. The average Bonchev–Trinajstić information content (AvgIpc) is 2.25. The van der Waals surface area contributed by atoms with E-state index in [4.69, 9.17) is 5.73 Å². The number of nitrogens with two attached hydrogens (primary N) is 1. The third-order valence-electron chi connectivity index (χ3n) is 3.11. The van der Waals surface area contributed by atoms with Crippen LogP contribution in [-0.2, 0) is 0 Å². The molecule has 1 rings (SSSR count). The first kappa shape index (κ1) is 17.5. The molecule has 0 aromatic carbocycles. The predicted molar refractivity (Wildman–Crippen MR) is 89.6 cm³/mol. The Hall–Kier alpha value is -1.59. The maximum atomic E-state index is 5.82. The van der Waals surface area contributed by atoms with Crippen LogP contribution < -0.4 is 16.0 Å². The molecule has 1 aromatic heterocycles. The zero-order chi connectivity index (χ0) is 16.3. The molecule has 1 aromatic rings. The predicted octanol–water partition coefficient (Wildman–Crippen LogP) is 2.93. The lowest BCUT2D eigenvalue weighted by atomic mass is 9.82. The molecule has 0 bridgehead atoms. The van der Waals surface area contributed by atoms with E-state index in [2.05, 4.69) is 73.6 Å². The van der Waals surface area contributed by atoms with Gasteiger partial charge in [-0.3, -0.25) is 0 Å². The Morgan fingerprint density at radius 2 is 1.57 bits per heavy atom. The zero-order valence-electron chi connectivity index (χ0n) is 14.5. The quantitative estimate of drug-likeness (QED) is 0.839. The highest BCUT2D eigenvalue weighted by Crippen LogP contribution is 2.29. The number of hydrogen-bond donors (Lipinski definition) is 2. The van der Waals surface area contributed by atoms with Gasteiger partial charge in [-0.15, -0.1) is 0 Å². The van der Waals surface area contributed by atoms with Gasteiger partial charge in [-0.2, -0.15) is 15.0 Å². The largest absolute Gasteiger partial charge is 0.368 e. The number of nitrogens with one attached hydrogen (secondary N) is 1. The maximum absolute atomic E-state index is 5.82. The van der Waals surface area contributed by atoms with Gasteiger partial charge in [0.25, 0.3) is 0 Å². The van der Waals surface area contributed by atoms with Crippen LogP contribution >= 0.6 is 0 Å². The fourth-order valence-corrected chi connectivity index (χ4v) is 2.76. The van der Waals surface area contributed by atoms with Crippen LogP contribution in [0.3, 0.4) is 0 Å². The number of anilines is 3. The lowest BCUT2D eigenvalue weighted by molar-refractivity contribution is 0.301. The van der Waals surface area contributed by atoms with Crippen molar-refractivity contribution in [3.8, 4) is 0 Å². The van der Waals surface area contributed by atoms with Crippen molar-refractivity contribution >= 4 is 17.8 Å². The molecule has 6 nitrogen and oxygen atoms in total. The highest BCUT2D eigenvalue weighted by Gasteiger charge is 2.26. The highest BCUT2D eigenvalue weighted by molar-refractivity contribution is 5.42. The van der Waals surface area contributed by atoms with Gasteiger partial charge in [-0.25, -0.2) is 0 Å². The van der Waals surface area contributed by atoms with E-state index in [1.54, 1.807) is 0 Å². The molecule has 0 atom stereocenters. The van der Waals surface area contributed by atoms with Gasteiger partial charge >= 0.3 is 0 Å². The van der Waals surface area contributed by atoms with E-state index in [0.29, 0.717) is 11.9 Å². The summed E-state index contributed by atoms with van der Waals surface area (Å²) in [5.41, 5.74) is 5.92. The van der Waals surface area contributed by atoms with Gasteiger partial charge in [0, 0.05) is 18.6 Å². The van der Waals surface area contributed by atoms with Crippen LogP contribution in [0.15, 0.2) is 0 Å². The molecule has 0 unspecified atom stereocenters. The van der Waals surface area contributed by atoms with Crippen molar-refractivity contribution in [2.45, 2.75) is 60.4 Å². The lowest BCUT2D eigenvalue weighted by Gasteiger charge is -2.33. The fraction of sp³-hybridized carbons (Fsp3) is 0.800. The summed E-state index contributed by atoms with van der Waals surface area (Å²) in [5.74, 6) is 1.42. The smallest absolute Gasteiger partial charge is 0.231 e. The van der Waals surface area contributed by atoms with Crippen molar-refractivity contribution in [3.63, 3.8) is 0 Å². The molecule has 120 valence electrons. The molecule has 1 heterocycles. The lowest BCUT2D eigenvalue weighted by Crippen LogP contribution is -2.36. The van der Waals surface area contributed by atoms with E-state index in [9.17, 15) is 0 Å². The number of aromatic nitrogens is 3. The van der Waals surface area contributed by atoms with E-state index in [0.717, 1.165) is 19.5 Å². The normalized spacial score (nSPS) is 12.3. The highest BCUT2D eigenvalue weighted by atomic mass is 15.3. The van der Waals surface area contributed by atoms with Crippen LogP contribution in [0.5, 0.6) is 0 Å². The van der Waals surface area contributed by atoms with Gasteiger partial charge in [0.2, 0.25) is 17.8 Å². The van der Waals surface area contributed by atoms with Crippen LogP contribution in [0.2, 0.25) is 0 Å². The Morgan fingerprint density at radius 3 is 2.05 bits per heavy atom. The summed E-state index contributed by atoms with van der Waals surface area (Å²) < 4.78 is 0. The molecule has 0 aliphatic rings. The number of nitrogens with zero attached hydrogens (tertiary/aromatic N) is 4. The molecule has 3 N–H and O–H groups in total. The van der Waals surface area contributed by atoms with Crippen LogP contribution in [0.1, 0.15) is 54.9 Å². The Balaban J connectivity index is 2.98. The van der Waals surface area contributed by atoms with E-state index in [1.807, 2.05) is 0 Å². The number of nitrogen functional groups attached to an aromatic ring is 1. The summed E-state index contributed by atoms with van der Waals surface area (Å²) in [7, 11) is 0. The average molecular weight is 294 g/mol. The summed E-state index contributed by atoms with van der Waals surface area (Å²) in [4.78, 5) is 15.0. The number of rotatable bonds is 6. The van der Waals surface area contributed by atoms with Crippen molar-refractivity contribution < 1.29 is 0 Å². The number of hydrogen-bond acceptors (Lipinski definition) is 6. The summed E-state index contributed by atoms with van der Waals surface area (Å²) >= 11 is 0. The standard InChI is InChI=1S/C15H30N6/c1-8-21(9-2)13-18-11(16)17-12(19-13)20-15(6,7)10-14(3,4)5/h8-10H2,1-7H3,(H3,16,17,18,19,20). The minimum Gasteiger partial charge on any atom is -0.368 e. The Kier molecular flexibility index (Phi) is 5.36. The molecule has 21 heavy (non-hydrogen) atoms. The van der Waals surface area contributed by atoms with E-state index < -0.39 is 0 Å². The molecular weight excluding hydrogens is 264 g/mol. The fourth-order valence-electron chi connectivity index (χ4n) is 2.76. The molecule has 0 amide bonds. The third-order valence-corrected chi connectivity index (χ3v) is 3.11. The summed E-state index contributed by atoms with van der Waals surface area (Å²) in [5, 5.41) is 3.39. The molecule has 0 aliphatic carbocycles.